The third-order valence-corrected chi connectivity index (χ3v) is 5.33. The molecule has 0 aliphatic heterocycles. The average Bonchev–Trinajstić information content (AvgIpc) is 2.93. The third kappa shape index (κ3) is 3.04. The van der Waals surface area contributed by atoms with Crippen LogP contribution in [0.3, 0.4) is 0 Å². The monoisotopic (exact) mass is 416 g/mol. The molecule has 4 rings (SSSR count). The van der Waals surface area contributed by atoms with Gasteiger partial charge in [-0.2, -0.15) is 5.10 Å². The van der Waals surface area contributed by atoms with Crippen molar-refractivity contribution in [1.29, 1.82) is 0 Å². The first-order valence-electron chi connectivity index (χ1n) is 8.23. The number of aryl methyl sites for hydroxylation is 1. The van der Waals surface area contributed by atoms with E-state index < -0.39 is 0 Å². The molecule has 0 radical (unpaired) electrons. The van der Waals surface area contributed by atoms with Crippen LogP contribution < -0.4 is 5.73 Å². The third-order valence-electron chi connectivity index (χ3n) is 4.53. The van der Waals surface area contributed by atoms with Gasteiger partial charge in [0, 0.05) is 26.7 Å². The van der Waals surface area contributed by atoms with Gasteiger partial charge in [0.25, 0.3) is 0 Å². The van der Waals surface area contributed by atoms with E-state index in [4.69, 9.17) is 45.6 Å². The summed E-state index contributed by atoms with van der Waals surface area (Å²) in [4.78, 5) is 4.60. The Balaban J connectivity index is 2.07. The van der Waals surface area contributed by atoms with Gasteiger partial charge in [0.05, 0.1) is 22.0 Å². The molecule has 0 unspecified atom stereocenters. The second kappa shape index (κ2) is 6.71. The first-order chi connectivity index (χ1) is 12.9. The smallest absolute Gasteiger partial charge is 0.166 e. The van der Waals surface area contributed by atoms with Crippen LogP contribution >= 0.6 is 34.8 Å². The zero-order chi connectivity index (χ0) is 19.3. The van der Waals surface area contributed by atoms with Crippen molar-refractivity contribution in [2.24, 2.45) is 0 Å². The fourth-order valence-corrected chi connectivity index (χ4v) is 3.84. The summed E-state index contributed by atoms with van der Waals surface area (Å²) >= 11 is 18.5. The number of anilines is 1. The van der Waals surface area contributed by atoms with Crippen LogP contribution in [0.25, 0.3) is 28.0 Å². The highest BCUT2D eigenvalue weighted by Crippen LogP contribution is 2.37. The maximum absolute atomic E-state index is 6.44. The fourth-order valence-electron chi connectivity index (χ4n) is 3.21. The van der Waals surface area contributed by atoms with E-state index in [-0.39, 0.29) is 0 Å². The van der Waals surface area contributed by atoms with Gasteiger partial charge in [-0.05, 0) is 38.1 Å². The van der Waals surface area contributed by atoms with Gasteiger partial charge in [0.15, 0.2) is 5.65 Å². The molecule has 2 heterocycles. The Morgan fingerprint density at radius 3 is 2.26 bits per heavy atom. The number of hydrogen-bond donors (Lipinski definition) is 1. The van der Waals surface area contributed by atoms with Gasteiger partial charge in [-0.15, -0.1) is 0 Å². The van der Waals surface area contributed by atoms with Crippen molar-refractivity contribution in [3.05, 3.63) is 68.8 Å². The van der Waals surface area contributed by atoms with Gasteiger partial charge >= 0.3 is 0 Å². The molecule has 4 nitrogen and oxygen atoms in total. The first kappa shape index (κ1) is 18.1. The van der Waals surface area contributed by atoms with Crippen LogP contribution in [0.5, 0.6) is 0 Å². The van der Waals surface area contributed by atoms with Crippen molar-refractivity contribution < 1.29 is 0 Å². The predicted octanol–water partition coefficient (Wildman–Crippen LogP) is 6.22. The number of nitrogens with zero attached hydrogens (tertiary/aromatic N) is 3. The number of hydrogen-bond acceptors (Lipinski definition) is 3. The number of nitrogens with two attached hydrogens (primary N) is 1. The molecule has 7 heteroatoms. The van der Waals surface area contributed by atoms with Crippen molar-refractivity contribution >= 4 is 46.3 Å². The zero-order valence-corrected chi connectivity index (χ0v) is 16.9. The van der Waals surface area contributed by atoms with Crippen molar-refractivity contribution in [2.75, 3.05) is 5.73 Å². The van der Waals surface area contributed by atoms with E-state index in [9.17, 15) is 0 Å². The molecule has 2 N–H and O–H groups in total. The van der Waals surface area contributed by atoms with E-state index >= 15 is 0 Å². The van der Waals surface area contributed by atoms with E-state index in [2.05, 4.69) is 4.98 Å². The van der Waals surface area contributed by atoms with E-state index in [1.807, 2.05) is 48.7 Å². The SMILES string of the molecule is Cc1nn2c(-c3ccc(Cl)cc3)c(C)c(N)nc2c1-c1ccc(Cl)cc1Cl. The highest BCUT2D eigenvalue weighted by Gasteiger charge is 2.21. The lowest BCUT2D eigenvalue weighted by Crippen LogP contribution is -2.05. The van der Waals surface area contributed by atoms with Crippen LogP contribution in [-0.2, 0) is 0 Å². The maximum atomic E-state index is 6.44. The molecule has 0 aliphatic carbocycles. The molecule has 0 saturated heterocycles. The molecular formula is C20H15Cl3N4. The average molecular weight is 418 g/mol. The molecule has 0 fully saturated rings. The fraction of sp³-hybridized carbons (Fsp3) is 0.100. The molecule has 0 atom stereocenters. The van der Waals surface area contributed by atoms with Crippen molar-refractivity contribution in [3.8, 4) is 22.4 Å². The Kier molecular flexibility index (Phi) is 4.50. The number of rotatable bonds is 2. The predicted molar refractivity (Wildman–Crippen MR) is 113 cm³/mol. The lowest BCUT2D eigenvalue weighted by atomic mass is 10.0. The van der Waals surface area contributed by atoms with E-state index in [0.29, 0.717) is 26.5 Å². The summed E-state index contributed by atoms with van der Waals surface area (Å²) < 4.78 is 1.81. The van der Waals surface area contributed by atoms with Gasteiger partial charge < -0.3 is 5.73 Å². The summed E-state index contributed by atoms with van der Waals surface area (Å²) in [5, 5.41) is 6.50. The maximum Gasteiger partial charge on any atom is 0.166 e. The molecule has 0 amide bonds. The van der Waals surface area contributed by atoms with Gasteiger partial charge in [0.1, 0.15) is 5.82 Å². The van der Waals surface area contributed by atoms with Gasteiger partial charge in [0.2, 0.25) is 0 Å². The number of fused-ring (bicyclic) bond motifs is 1. The van der Waals surface area contributed by atoms with Crippen LogP contribution in [0.4, 0.5) is 5.82 Å². The van der Waals surface area contributed by atoms with Gasteiger partial charge in [-0.3, -0.25) is 0 Å². The normalized spacial score (nSPS) is 11.3. The molecule has 2 aromatic heterocycles. The Morgan fingerprint density at radius 1 is 0.926 bits per heavy atom. The molecule has 2 aromatic carbocycles. The molecule has 0 spiro atoms. The largest absolute Gasteiger partial charge is 0.383 e. The standard InChI is InChI=1S/C20H15Cl3N4/c1-10-18(12-3-5-13(21)6-4-12)27-20(25-19(10)24)17(11(2)26-27)15-8-7-14(22)9-16(15)23/h3-9H,1-2H3,(H2,24,25). The van der Waals surface area contributed by atoms with Gasteiger partial charge in [-0.1, -0.05) is 53.0 Å². The lowest BCUT2D eigenvalue weighted by Gasteiger charge is -2.12. The van der Waals surface area contributed by atoms with Crippen LogP contribution in [0.1, 0.15) is 11.3 Å². The van der Waals surface area contributed by atoms with Crippen LogP contribution in [0, 0.1) is 13.8 Å². The van der Waals surface area contributed by atoms with E-state index in [1.165, 1.54) is 0 Å². The Labute approximate surface area is 171 Å². The number of nitrogen functional groups attached to an aromatic ring is 1. The molecule has 0 bridgehead atoms. The molecular weight excluding hydrogens is 403 g/mol. The zero-order valence-electron chi connectivity index (χ0n) is 14.6. The highest BCUT2D eigenvalue weighted by molar-refractivity contribution is 6.36. The Hall–Kier alpha value is -2.27. The van der Waals surface area contributed by atoms with Crippen molar-refractivity contribution in [1.82, 2.24) is 14.6 Å². The van der Waals surface area contributed by atoms with E-state index in [1.54, 1.807) is 12.1 Å². The van der Waals surface area contributed by atoms with Crippen molar-refractivity contribution in [2.45, 2.75) is 13.8 Å². The summed E-state index contributed by atoms with van der Waals surface area (Å²) in [6.45, 7) is 3.85. The summed E-state index contributed by atoms with van der Waals surface area (Å²) in [6.07, 6.45) is 0. The van der Waals surface area contributed by atoms with Gasteiger partial charge in [-0.25, -0.2) is 9.50 Å². The minimum atomic E-state index is 0.443. The summed E-state index contributed by atoms with van der Waals surface area (Å²) in [5.41, 5.74) is 12.0. The number of benzene rings is 2. The Morgan fingerprint density at radius 2 is 1.59 bits per heavy atom. The lowest BCUT2D eigenvalue weighted by molar-refractivity contribution is 0.918. The molecule has 0 aliphatic rings. The van der Waals surface area contributed by atoms with E-state index in [0.717, 1.165) is 33.6 Å². The first-order valence-corrected chi connectivity index (χ1v) is 9.37. The minimum absolute atomic E-state index is 0.443. The second-order valence-corrected chi connectivity index (χ2v) is 7.58. The minimum Gasteiger partial charge on any atom is -0.383 e. The summed E-state index contributed by atoms with van der Waals surface area (Å²) in [7, 11) is 0. The summed E-state index contributed by atoms with van der Waals surface area (Å²) in [6, 6.07) is 12.9. The highest BCUT2D eigenvalue weighted by atomic mass is 35.5. The molecule has 4 aromatic rings. The molecule has 27 heavy (non-hydrogen) atoms. The van der Waals surface area contributed by atoms with Crippen molar-refractivity contribution in [3.63, 3.8) is 0 Å². The molecule has 0 saturated carbocycles. The van der Waals surface area contributed by atoms with Crippen LogP contribution in [-0.4, -0.2) is 14.6 Å². The van der Waals surface area contributed by atoms with Crippen LogP contribution in [0.15, 0.2) is 42.5 Å². The van der Waals surface area contributed by atoms with Crippen LogP contribution in [0.2, 0.25) is 15.1 Å². The summed E-state index contributed by atoms with van der Waals surface area (Å²) in [5.74, 6) is 0.443. The quantitative estimate of drug-likeness (QED) is 0.421. The number of halogens is 3. The molecule has 136 valence electrons. The Bertz CT molecular complexity index is 1180. The second-order valence-electron chi connectivity index (χ2n) is 6.30. The number of aromatic nitrogens is 3. The topological polar surface area (TPSA) is 56.2 Å².